The maximum Gasteiger partial charge on any atom is 0.126 e. The number of para-hydroxylation sites is 1. The highest BCUT2D eigenvalue weighted by Crippen LogP contribution is 2.15. The van der Waals surface area contributed by atoms with Gasteiger partial charge in [0.25, 0.3) is 0 Å². The third-order valence-corrected chi connectivity index (χ3v) is 3.80. The smallest absolute Gasteiger partial charge is 0.126 e. The molecular formula is C18H23N3O. The van der Waals surface area contributed by atoms with Gasteiger partial charge in [-0.15, -0.1) is 0 Å². The topological polar surface area (TPSA) is 27.7 Å². The Kier molecular flexibility index (Phi) is 5.16. The van der Waals surface area contributed by atoms with E-state index in [4.69, 9.17) is 4.74 Å². The zero-order chi connectivity index (χ0) is 15.0. The fourth-order valence-electron chi connectivity index (χ4n) is 2.63. The summed E-state index contributed by atoms with van der Waals surface area (Å²) < 4.78 is 5.56. The van der Waals surface area contributed by atoms with Crippen LogP contribution in [0.25, 0.3) is 0 Å². The molecule has 0 aromatic heterocycles. The number of rotatable bonds is 5. The van der Waals surface area contributed by atoms with Crippen LogP contribution in [-0.2, 0) is 0 Å². The Hall–Kier alpha value is -2.20. The molecule has 116 valence electrons. The minimum absolute atomic E-state index is 0.821. The van der Waals surface area contributed by atoms with Crippen LogP contribution >= 0.6 is 0 Å². The molecule has 2 heterocycles. The molecule has 2 aliphatic rings. The van der Waals surface area contributed by atoms with Gasteiger partial charge in [0.2, 0.25) is 0 Å². The highest BCUT2D eigenvalue weighted by atomic mass is 16.5. The first kappa shape index (κ1) is 14.7. The van der Waals surface area contributed by atoms with E-state index < -0.39 is 0 Å². The van der Waals surface area contributed by atoms with Crippen molar-refractivity contribution >= 4 is 0 Å². The monoisotopic (exact) mass is 297 g/mol. The van der Waals surface area contributed by atoms with Gasteiger partial charge in [-0.1, -0.05) is 24.6 Å². The largest absolute Gasteiger partial charge is 0.465 e. The van der Waals surface area contributed by atoms with Gasteiger partial charge in [0.1, 0.15) is 5.75 Å². The van der Waals surface area contributed by atoms with Crippen LogP contribution in [0.4, 0.5) is 0 Å². The number of hydrazine groups is 2. The summed E-state index contributed by atoms with van der Waals surface area (Å²) >= 11 is 0. The quantitative estimate of drug-likeness (QED) is 0.841. The predicted octanol–water partition coefficient (Wildman–Crippen LogP) is 3.59. The van der Waals surface area contributed by atoms with Crippen LogP contribution in [0.3, 0.4) is 0 Å². The van der Waals surface area contributed by atoms with Crippen LogP contribution in [0.5, 0.6) is 5.75 Å². The van der Waals surface area contributed by atoms with E-state index in [1.165, 1.54) is 25.0 Å². The lowest BCUT2D eigenvalue weighted by molar-refractivity contribution is -0.0305. The second-order valence-electron chi connectivity index (χ2n) is 5.51. The van der Waals surface area contributed by atoms with Gasteiger partial charge in [-0.2, -0.15) is 0 Å². The number of piperidine rings is 1. The Bertz CT molecular complexity index is 545. The summed E-state index contributed by atoms with van der Waals surface area (Å²) in [6, 6.07) is 9.81. The standard InChI is InChI=1S/C18H23N3O/c1-3-11-18(12-4-1)22-16-8-10-17-9-7-15-21(19-17)20-13-5-2-6-14-20/h1,3-4,7-9,11-12,15-16,19H,2,5-6,10,13-14H2. The molecule has 22 heavy (non-hydrogen) atoms. The average Bonchev–Trinajstić information content (AvgIpc) is 2.61. The minimum Gasteiger partial charge on any atom is -0.465 e. The molecule has 0 unspecified atom stereocenters. The van der Waals surface area contributed by atoms with E-state index in [-0.39, 0.29) is 0 Å². The van der Waals surface area contributed by atoms with E-state index in [9.17, 15) is 0 Å². The Morgan fingerprint density at radius 3 is 2.73 bits per heavy atom. The molecule has 0 saturated carbocycles. The number of hydrogen-bond donors (Lipinski definition) is 1. The van der Waals surface area contributed by atoms with Crippen LogP contribution in [0.2, 0.25) is 0 Å². The van der Waals surface area contributed by atoms with Crippen molar-refractivity contribution < 1.29 is 4.74 Å². The predicted molar refractivity (Wildman–Crippen MR) is 88.4 cm³/mol. The van der Waals surface area contributed by atoms with Crippen LogP contribution < -0.4 is 10.2 Å². The van der Waals surface area contributed by atoms with Crippen molar-refractivity contribution in [2.24, 2.45) is 0 Å². The zero-order valence-electron chi connectivity index (χ0n) is 12.8. The van der Waals surface area contributed by atoms with E-state index in [2.05, 4.69) is 33.9 Å². The van der Waals surface area contributed by atoms with Crippen LogP contribution in [0.15, 0.2) is 66.7 Å². The molecule has 4 nitrogen and oxygen atoms in total. The van der Waals surface area contributed by atoms with Crippen LogP contribution in [0, 0.1) is 0 Å². The molecule has 0 radical (unpaired) electrons. The van der Waals surface area contributed by atoms with Gasteiger partial charge >= 0.3 is 0 Å². The molecule has 0 aliphatic carbocycles. The summed E-state index contributed by atoms with van der Waals surface area (Å²) in [5.41, 5.74) is 4.62. The molecule has 1 aromatic rings. The minimum atomic E-state index is 0.821. The normalized spacial score (nSPS) is 19.1. The fraction of sp³-hybridized carbons (Fsp3) is 0.333. The first-order chi connectivity index (χ1) is 10.9. The van der Waals surface area contributed by atoms with Crippen molar-refractivity contribution in [1.29, 1.82) is 0 Å². The molecular weight excluding hydrogens is 274 g/mol. The summed E-state index contributed by atoms with van der Waals surface area (Å²) in [7, 11) is 0. The zero-order valence-corrected chi connectivity index (χ0v) is 12.8. The average molecular weight is 297 g/mol. The molecule has 1 saturated heterocycles. The van der Waals surface area contributed by atoms with Crippen molar-refractivity contribution in [2.45, 2.75) is 25.7 Å². The molecule has 0 spiro atoms. The number of benzene rings is 1. The summed E-state index contributed by atoms with van der Waals surface area (Å²) in [4.78, 5) is 0. The molecule has 2 aliphatic heterocycles. The highest BCUT2D eigenvalue weighted by Gasteiger charge is 2.16. The molecule has 1 fully saturated rings. The Morgan fingerprint density at radius 2 is 1.91 bits per heavy atom. The first-order valence-electron chi connectivity index (χ1n) is 7.97. The molecule has 1 N–H and O–H groups in total. The van der Waals surface area contributed by atoms with Crippen molar-refractivity contribution in [1.82, 2.24) is 15.6 Å². The Balaban J connectivity index is 1.46. The number of allylic oxidation sites excluding steroid dienone is 3. The van der Waals surface area contributed by atoms with Crippen molar-refractivity contribution in [3.05, 3.63) is 66.7 Å². The van der Waals surface area contributed by atoms with Gasteiger partial charge in [-0.3, -0.25) is 5.43 Å². The highest BCUT2D eigenvalue weighted by molar-refractivity contribution is 5.22. The third-order valence-electron chi connectivity index (χ3n) is 3.80. The van der Waals surface area contributed by atoms with E-state index >= 15 is 0 Å². The van der Waals surface area contributed by atoms with E-state index in [1.54, 1.807) is 6.26 Å². The van der Waals surface area contributed by atoms with Crippen molar-refractivity contribution in [3.8, 4) is 5.75 Å². The SMILES string of the molecule is C1=CN(N2CCCCC2)NC(CC=COc2ccccc2)=C1. The van der Waals surface area contributed by atoms with Crippen LogP contribution in [0.1, 0.15) is 25.7 Å². The number of nitrogens with one attached hydrogen (secondary N) is 1. The molecule has 0 atom stereocenters. The lowest BCUT2D eigenvalue weighted by atomic mass is 10.2. The summed E-state index contributed by atoms with van der Waals surface area (Å²) in [6.07, 6.45) is 14.8. The second kappa shape index (κ2) is 7.71. The third kappa shape index (κ3) is 4.15. The Morgan fingerprint density at radius 1 is 1.09 bits per heavy atom. The molecule has 0 amide bonds. The fourth-order valence-corrected chi connectivity index (χ4v) is 2.63. The van der Waals surface area contributed by atoms with E-state index in [0.717, 1.165) is 25.3 Å². The van der Waals surface area contributed by atoms with Gasteiger partial charge in [-0.05, 0) is 43.2 Å². The van der Waals surface area contributed by atoms with Crippen molar-refractivity contribution in [3.63, 3.8) is 0 Å². The number of ether oxygens (including phenoxy) is 1. The van der Waals surface area contributed by atoms with Gasteiger partial charge < -0.3 is 4.74 Å². The number of nitrogens with zero attached hydrogens (tertiary/aromatic N) is 2. The summed E-state index contributed by atoms with van der Waals surface area (Å²) in [5, 5.41) is 4.47. The molecule has 4 heteroatoms. The summed E-state index contributed by atoms with van der Waals surface area (Å²) in [6.45, 7) is 2.25. The molecule has 1 aromatic carbocycles. The van der Waals surface area contributed by atoms with Crippen molar-refractivity contribution in [2.75, 3.05) is 13.1 Å². The Labute approximate surface area is 132 Å². The lowest BCUT2D eigenvalue weighted by Crippen LogP contribution is -2.50. The maximum atomic E-state index is 5.56. The first-order valence-corrected chi connectivity index (χ1v) is 7.97. The van der Waals surface area contributed by atoms with Gasteiger partial charge in [0, 0.05) is 31.4 Å². The van der Waals surface area contributed by atoms with E-state index in [1.807, 2.05) is 36.4 Å². The van der Waals surface area contributed by atoms with Crippen LogP contribution in [-0.4, -0.2) is 23.2 Å². The van der Waals surface area contributed by atoms with Gasteiger partial charge in [0.15, 0.2) is 0 Å². The lowest BCUT2D eigenvalue weighted by Gasteiger charge is -2.38. The van der Waals surface area contributed by atoms with E-state index in [0.29, 0.717) is 0 Å². The number of hydrogen-bond acceptors (Lipinski definition) is 4. The molecule has 0 bridgehead atoms. The maximum absolute atomic E-state index is 5.56. The second-order valence-corrected chi connectivity index (χ2v) is 5.51. The molecule has 3 rings (SSSR count). The summed E-state index contributed by atoms with van der Waals surface area (Å²) in [5.74, 6) is 0.860. The van der Waals surface area contributed by atoms with Gasteiger partial charge in [-0.25, -0.2) is 10.1 Å². The van der Waals surface area contributed by atoms with Gasteiger partial charge in [0.05, 0.1) is 6.26 Å².